The fourth-order valence-electron chi connectivity index (χ4n) is 5.13. The summed E-state index contributed by atoms with van der Waals surface area (Å²) in [6, 6.07) is 3.17. The Morgan fingerprint density at radius 1 is 0.706 bits per heavy atom. The van der Waals surface area contributed by atoms with Crippen LogP contribution >= 0.6 is 11.6 Å². The molecule has 2 aliphatic rings. The number of nitrogens with one attached hydrogen (secondary N) is 1. The molecule has 15 heteroatoms. The first kappa shape index (κ1) is 43.0. The van der Waals surface area contributed by atoms with Crippen molar-refractivity contribution in [2.45, 2.75) is 52.4 Å². The molecule has 0 unspecified atom stereocenters. The fraction of sp³-hybridized carbons (Fsp3) is 0.444. The van der Waals surface area contributed by atoms with Crippen molar-refractivity contribution in [1.82, 2.24) is 10.2 Å². The van der Waals surface area contributed by atoms with Gasteiger partial charge in [0.15, 0.2) is 34.9 Å². The molecule has 2 aromatic rings. The third-order valence-electron chi connectivity index (χ3n) is 7.74. The summed E-state index contributed by atoms with van der Waals surface area (Å²) in [5, 5.41) is 2.49. The van der Waals surface area contributed by atoms with Crippen molar-refractivity contribution in [2.75, 3.05) is 39.4 Å². The number of halogens is 7. The quantitative estimate of drug-likeness (QED) is 0.0908. The molecule has 2 aromatic carbocycles. The number of carbonyl (C=O) groups is 4. The van der Waals surface area contributed by atoms with E-state index in [4.69, 9.17) is 21.1 Å². The molecule has 8 nitrogen and oxygen atoms in total. The van der Waals surface area contributed by atoms with Crippen molar-refractivity contribution in [3.05, 3.63) is 82.4 Å². The largest absolute Gasteiger partial charge is 0.466 e. The van der Waals surface area contributed by atoms with E-state index in [1.807, 2.05) is 6.92 Å². The minimum Gasteiger partial charge on any atom is -0.466 e. The SMILES string of the molecule is CCOC(=O)CC1CCN(C(=O)/C=C/c2cc(F)c(F)c(F)c2)CC1.CCOC(=O)CC1CCNCC1.O=C(Cl)/C=C/c1cc(F)c(F)c(F)c1. The summed E-state index contributed by atoms with van der Waals surface area (Å²) in [4.78, 5) is 46.5. The predicted octanol–water partition coefficient (Wildman–Crippen LogP) is 7.13. The molecule has 0 atom stereocenters. The summed E-state index contributed by atoms with van der Waals surface area (Å²) >= 11 is 4.95. The normalized spacial score (nSPS) is 15.1. The number of piperidine rings is 2. The van der Waals surface area contributed by atoms with E-state index >= 15 is 0 Å². The third-order valence-corrected chi connectivity index (χ3v) is 7.87. The van der Waals surface area contributed by atoms with E-state index in [0.29, 0.717) is 57.9 Å². The van der Waals surface area contributed by atoms with Crippen molar-refractivity contribution in [1.29, 1.82) is 0 Å². The first-order chi connectivity index (χ1) is 24.2. The number of benzene rings is 2. The van der Waals surface area contributed by atoms with E-state index < -0.39 is 40.1 Å². The van der Waals surface area contributed by atoms with E-state index in [0.717, 1.165) is 62.3 Å². The predicted molar refractivity (Wildman–Crippen MR) is 179 cm³/mol. The monoisotopic (exact) mass is 746 g/mol. The van der Waals surface area contributed by atoms with E-state index in [9.17, 15) is 45.5 Å². The van der Waals surface area contributed by atoms with Crippen molar-refractivity contribution in [3.63, 3.8) is 0 Å². The molecule has 0 radical (unpaired) electrons. The Bertz CT molecular complexity index is 1500. The van der Waals surface area contributed by atoms with Gasteiger partial charge in [0.05, 0.1) is 13.2 Å². The van der Waals surface area contributed by atoms with Gasteiger partial charge >= 0.3 is 11.9 Å². The molecule has 2 aliphatic heterocycles. The highest BCUT2D eigenvalue weighted by Gasteiger charge is 2.24. The molecular formula is C36H41ClF6N2O6. The third kappa shape index (κ3) is 16.2. The summed E-state index contributed by atoms with van der Waals surface area (Å²) in [6.45, 7) is 7.55. The van der Waals surface area contributed by atoms with E-state index in [1.54, 1.807) is 11.8 Å². The molecule has 0 bridgehead atoms. The molecule has 2 heterocycles. The summed E-state index contributed by atoms with van der Waals surface area (Å²) in [5.74, 6) is -8.13. The Morgan fingerprint density at radius 2 is 1.10 bits per heavy atom. The number of amides is 1. The van der Waals surface area contributed by atoms with Crippen LogP contribution in [-0.4, -0.2) is 67.4 Å². The lowest BCUT2D eigenvalue weighted by Gasteiger charge is -2.30. The molecule has 1 N–H and O–H groups in total. The van der Waals surface area contributed by atoms with Gasteiger partial charge in [0, 0.05) is 32.0 Å². The van der Waals surface area contributed by atoms with Gasteiger partial charge in [0.2, 0.25) is 11.1 Å². The standard InChI is InChI=1S/C18H20F3NO3.C9H4ClF3O.C9H17NO2/c1-2-25-17(24)11-12-5-7-22(8-6-12)16(23)4-3-13-9-14(19)18(21)15(20)10-13;10-8(14)2-1-5-3-6(11)9(13)7(12)4-5;1-2-12-9(11)7-8-3-5-10-6-4-8/h3-4,9-10,12H,2,5-8,11H2,1H3;1-4H;8,10H,2-7H2,1H3/b4-3+;2-1+;. The summed E-state index contributed by atoms with van der Waals surface area (Å²) in [6.07, 6.45) is 9.01. The van der Waals surface area contributed by atoms with Crippen LogP contribution in [0.1, 0.15) is 63.5 Å². The highest BCUT2D eigenvalue weighted by atomic mass is 35.5. The van der Waals surface area contributed by atoms with E-state index in [2.05, 4.69) is 5.32 Å². The highest BCUT2D eigenvalue weighted by molar-refractivity contribution is 6.66. The van der Waals surface area contributed by atoms with Crippen molar-refractivity contribution in [2.24, 2.45) is 11.8 Å². The molecule has 0 spiro atoms. The van der Waals surface area contributed by atoms with Crippen LogP contribution in [0, 0.1) is 46.7 Å². The Balaban J connectivity index is 0.000000292. The zero-order valence-corrected chi connectivity index (χ0v) is 29.1. The lowest BCUT2D eigenvalue weighted by atomic mass is 9.93. The average Bonchev–Trinajstić information content (AvgIpc) is 3.09. The topological polar surface area (TPSA) is 102 Å². The lowest BCUT2D eigenvalue weighted by Crippen LogP contribution is -2.38. The Kier molecular flexibility index (Phi) is 19.1. The van der Waals surface area contributed by atoms with Crippen LogP contribution in [0.25, 0.3) is 12.2 Å². The van der Waals surface area contributed by atoms with Gasteiger partial charge in [0.1, 0.15) is 0 Å². The summed E-state index contributed by atoms with van der Waals surface area (Å²) in [7, 11) is 0. The molecular weight excluding hydrogens is 706 g/mol. The average molecular weight is 747 g/mol. The molecule has 1 amide bonds. The van der Waals surface area contributed by atoms with E-state index in [-0.39, 0.29) is 34.9 Å². The van der Waals surface area contributed by atoms with Crippen LogP contribution in [0.2, 0.25) is 0 Å². The van der Waals surface area contributed by atoms with Crippen LogP contribution in [-0.2, 0) is 28.7 Å². The maximum absolute atomic E-state index is 13.1. The van der Waals surface area contributed by atoms with Gasteiger partial charge in [-0.05, 0) is 130 Å². The van der Waals surface area contributed by atoms with Crippen LogP contribution in [0.4, 0.5) is 26.3 Å². The number of carbonyl (C=O) groups excluding carboxylic acids is 4. The maximum atomic E-state index is 13.1. The van der Waals surface area contributed by atoms with Gasteiger partial charge in [-0.2, -0.15) is 0 Å². The van der Waals surface area contributed by atoms with Gasteiger partial charge < -0.3 is 19.7 Å². The first-order valence-corrected chi connectivity index (χ1v) is 16.8. The van der Waals surface area contributed by atoms with Crippen LogP contribution in [0.3, 0.4) is 0 Å². The second-order valence-electron chi connectivity index (χ2n) is 11.5. The molecule has 0 aliphatic carbocycles. The molecule has 4 rings (SSSR count). The number of hydrogen-bond donors (Lipinski definition) is 1. The molecule has 0 saturated carbocycles. The molecule has 0 aromatic heterocycles. The number of ether oxygens (including phenoxy) is 2. The number of likely N-dealkylation sites (tertiary alicyclic amines) is 1. The van der Waals surface area contributed by atoms with Gasteiger partial charge in [-0.3, -0.25) is 19.2 Å². The molecule has 2 fully saturated rings. The van der Waals surface area contributed by atoms with Crippen molar-refractivity contribution >= 4 is 46.8 Å². The first-order valence-electron chi connectivity index (χ1n) is 16.4. The Morgan fingerprint density at radius 3 is 1.49 bits per heavy atom. The number of allylic oxidation sites excluding steroid dienone is 1. The van der Waals surface area contributed by atoms with Crippen LogP contribution in [0.5, 0.6) is 0 Å². The molecule has 280 valence electrons. The second kappa shape index (κ2) is 22.6. The molecule has 2 saturated heterocycles. The smallest absolute Gasteiger partial charge is 0.306 e. The maximum Gasteiger partial charge on any atom is 0.306 e. The second-order valence-corrected chi connectivity index (χ2v) is 11.9. The summed E-state index contributed by atoms with van der Waals surface area (Å²) in [5.41, 5.74) is 0.0948. The van der Waals surface area contributed by atoms with E-state index in [1.165, 1.54) is 12.2 Å². The number of rotatable bonds is 10. The zero-order valence-electron chi connectivity index (χ0n) is 28.3. The van der Waals surface area contributed by atoms with Crippen LogP contribution in [0.15, 0.2) is 36.4 Å². The number of hydrogen-bond acceptors (Lipinski definition) is 7. The fourth-order valence-corrected chi connectivity index (χ4v) is 5.19. The van der Waals surface area contributed by atoms with Crippen molar-refractivity contribution in [3.8, 4) is 0 Å². The van der Waals surface area contributed by atoms with Gasteiger partial charge in [-0.15, -0.1) is 0 Å². The van der Waals surface area contributed by atoms with Crippen LogP contribution < -0.4 is 5.32 Å². The Labute approximate surface area is 297 Å². The van der Waals surface area contributed by atoms with Gasteiger partial charge in [-0.1, -0.05) is 0 Å². The number of esters is 2. The number of nitrogens with zero attached hydrogens (tertiary/aromatic N) is 1. The van der Waals surface area contributed by atoms with Crippen molar-refractivity contribution < 1.29 is 55.0 Å². The lowest BCUT2D eigenvalue weighted by molar-refractivity contribution is -0.145. The minimum absolute atomic E-state index is 0.0235. The van der Waals surface area contributed by atoms with Gasteiger partial charge in [-0.25, -0.2) is 26.3 Å². The minimum atomic E-state index is -1.54. The zero-order chi connectivity index (χ0) is 37.9. The highest BCUT2D eigenvalue weighted by Crippen LogP contribution is 2.22. The van der Waals surface area contributed by atoms with Gasteiger partial charge in [0.25, 0.3) is 0 Å². The molecule has 51 heavy (non-hydrogen) atoms. The Hall–Kier alpha value is -4.17. The summed E-state index contributed by atoms with van der Waals surface area (Å²) < 4.78 is 86.6.